The quantitative estimate of drug-likeness (QED) is 0.0134. The molecule has 31 heteroatoms. The number of benzene rings is 2. The lowest BCUT2D eigenvalue weighted by molar-refractivity contribution is -0.437. The average molecular weight is 1210 g/mol. The Hall–Kier alpha value is -5.43. The van der Waals surface area contributed by atoms with E-state index in [4.69, 9.17) is 20.3 Å². The van der Waals surface area contributed by atoms with Gasteiger partial charge in [-0.1, -0.05) is 62.1 Å². The van der Waals surface area contributed by atoms with Gasteiger partial charge in [-0.25, -0.2) is 18.5 Å². The Balaban J connectivity index is 0.888. The van der Waals surface area contributed by atoms with Crippen LogP contribution in [0.15, 0.2) is 94.4 Å². The third-order valence-corrected chi connectivity index (χ3v) is 19.5. The van der Waals surface area contributed by atoms with Crippen molar-refractivity contribution in [3.63, 3.8) is 0 Å². The highest BCUT2D eigenvalue weighted by Crippen LogP contribution is 2.66. The lowest BCUT2D eigenvalue weighted by Gasteiger charge is -2.25. The number of carbonyl (C=O) groups is 3. The van der Waals surface area contributed by atoms with Gasteiger partial charge in [0.2, 0.25) is 23.4 Å². The van der Waals surface area contributed by atoms with E-state index in [-0.39, 0.29) is 60.0 Å². The van der Waals surface area contributed by atoms with Crippen molar-refractivity contribution in [2.75, 3.05) is 49.2 Å². The molecule has 4 aliphatic rings. The molecule has 9 N–H and O–H groups in total. The maximum Gasteiger partial charge on any atom is 0.490 e. The number of aliphatic hydroxyl groups excluding tert-OH is 1. The molecule has 1 aromatic heterocycles. The predicted molar refractivity (Wildman–Crippen MR) is 292 cm³/mol. The number of nitrogen functional groups attached to an aromatic ring is 1. The van der Waals surface area contributed by atoms with Gasteiger partial charge >= 0.3 is 29.2 Å². The Bertz CT molecular complexity index is 3480. The van der Waals surface area contributed by atoms with E-state index in [1.807, 2.05) is 57.2 Å². The Kier molecular flexibility index (Phi) is 19.1. The molecular weight excluding hydrogens is 1150 g/mol. The van der Waals surface area contributed by atoms with Gasteiger partial charge in [-0.3, -0.25) is 32.9 Å². The van der Waals surface area contributed by atoms with Crippen LogP contribution in [0.5, 0.6) is 0 Å². The molecular formula is C49H61N7O19P3S2+. The predicted octanol–water partition coefficient (Wildman–Crippen LogP) is 4.06. The zero-order valence-electron chi connectivity index (χ0n) is 43.8. The second kappa shape index (κ2) is 24.6. The van der Waals surface area contributed by atoms with Crippen molar-refractivity contribution in [3.8, 4) is 11.8 Å². The highest BCUT2D eigenvalue weighted by atomic mass is 32.2. The minimum atomic E-state index is -5.80. The number of nitrogens with zero attached hydrogens (tertiary/aromatic N) is 5. The van der Waals surface area contributed by atoms with Gasteiger partial charge < -0.3 is 45.4 Å². The number of imide groups is 1. The minimum Gasteiger partial charge on any atom is -0.390 e. The van der Waals surface area contributed by atoms with Crippen molar-refractivity contribution in [1.29, 1.82) is 0 Å². The summed E-state index contributed by atoms with van der Waals surface area (Å²) in [5, 5.41) is 12.4. The van der Waals surface area contributed by atoms with Gasteiger partial charge in [0.1, 0.15) is 24.7 Å². The number of likely N-dealkylation sites (tertiary alicyclic amines) is 1. The highest BCUT2D eigenvalue weighted by Gasteiger charge is 2.46. The van der Waals surface area contributed by atoms with Gasteiger partial charge in [-0.2, -0.15) is 26.6 Å². The zero-order chi connectivity index (χ0) is 58.8. The van der Waals surface area contributed by atoms with Crippen LogP contribution in [-0.2, 0) is 66.9 Å². The number of hydrogen-bond acceptors (Lipinski definition) is 18. The second-order valence-corrected chi connectivity index (χ2v) is 26.8. The van der Waals surface area contributed by atoms with Gasteiger partial charge in [0.15, 0.2) is 5.71 Å². The third kappa shape index (κ3) is 14.6. The Morgan fingerprint density at radius 1 is 1.00 bits per heavy atom. The Labute approximate surface area is 464 Å². The average Bonchev–Trinajstić information content (AvgIpc) is 4.06. The summed E-state index contributed by atoms with van der Waals surface area (Å²) < 4.78 is 88.8. The normalized spacial score (nSPS) is 22.7. The first-order chi connectivity index (χ1) is 37.3. The number of anilines is 2. The number of carbonyl (C=O) groups excluding carboxylic acids is 3. The van der Waals surface area contributed by atoms with Crippen LogP contribution in [0.1, 0.15) is 83.2 Å². The number of aromatic nitrogens is 2. The van der Waals surface area contributed by atoms with Crippen LogP contribution >= 0.6 is 35.2 Å². The number of nitrogens with one attached hydrogen (secondary N) is 1. The van der Waals surface area contributed by atoms with Crippen LogP contribution in [0.2, 0.25) is 0 Å². The lowest BCUT2D eigenvalue weighted by atomic mass is 9.81. The van der Waals surface area contributed by atoms with Crippen LogP contribution in [0.25, 0.3) is 0 Å². The van der Waals surface area contributed by atoms with E-state index in [1.54, 1.807) is 6.07 Å². The van der Waals surface area contributed by atoms with Crippen molar-refractivity contribution in [3.05, 3.63) is 112 Å². The van der Waals surface area contributed by atoms with Crippen LogP contribution in [0.4, 0.5) is 17.2 Å². The van der Waals surface area contributed by atoms with Crippen LogP contribution in [0, 0.1) is 11.8 Å². The summed E-state index contributed by atoms with van der Waals surface area (Å²) in [6.07, 6.45) is 7.14. The standard InChI is InChI=1S/C49H60N7O19P3S2/c1-6-53-36-20-19-32(80(69,70)71)26-34(36)49(4,5)40(53)17-8-7-9-18-41-48(2,3)33-15-10-11-16-35(33)54(41)23-13-25-79-39-28-43(59)55(46(39)60)24-21-42(58)51-22-12-14-31-29-56(47(61)52-45(31)50)44-27-37(57)38(73-44)30-72-77(65,66)75-78(67,68)74-76(62,63)64/h7-11,15-20,26,29,37-39,44,57H,6,13,21-25,27-28,30H2,1-5H3,(H7-,50,51,52,58,61,62,63,64,65,66,67,68,69,70,71)/p+1/t37-,38+,39?,44+/m0/s1. The van der Waals surface area contributed by atoms with Gasteiger partial charge in [0.25, 0.3) is 10.1 Å². The lowest BCUT2D eigenvalue weighted by Crippen LogP contribution is -2.35. The first-order valence-corrected chi connectivity index (χ1v) is 31.8. The van der Waals surface area contributed by atoms with E-state index in [2.05, 4.69) is 76.8 Å². The molecule has 0 radical (unpaired) electrons. The minimum absolute atomic E-state index is 0.00156. The molecule has 0 spiro atoms. The van der Waals surface area contributed by atoms with Crippen molar-refractivity contribution >= 4 is 86.0 Å². The number of amides is 3. The molecule has 0 bridgehead atoms. The summed E-state index contributed by atoms with van der Waals surface area (Å²) in [6.45, 7) is 10.3. The number of phosphoric acid groups is 3. The molecule has 80 heavy (non-hydrogen) atoms. The summed E-state index contributed by atoms with van der Waals surface area (Å²) >= 11 is 1.39. The third-order valence-electron chi connectivity index (χ3n) is 13.5. The number of aliphatic hydroxyl groups is 1. The fourth-order valence-electron chi connectivity index (χ4n) is 9.74. The molecule has 2 aromatic carbocycles. The topological polar surface area (TPSA) is 377 Å². The van der Waals surface area contributed by atoms with Crippen molar-refractivity contribution in [2.45, 2.75) is 99.7 Å². The van der Waals surface area contributed by atoms with Gasteiger partial charge in [0.05, 0.1) is 40.4 Å². The van der Waals surface area contributed by atoms with E-state index < -0.39 is 86.8 Å². The van der Waals surface area contributed by atoms with E-state index >= 15 is 0 Å². The number of thioether (sulfide) groups is 1. The summed E-state index contributed by atoms with van der Waals surface area (Å²) in [4.78, 5) is 95.2. The number of nitrogens with two attached hydrogens (primary N) is 1. The molecule has 2 saturated heterocycles. The number of fused-ring (bicyclic) bond motifs is 2. The number of para-hydroxylation sites is 1. The SMILES string of the molecule is CCN1\C(=C/C=C/C=C/C2=[N+](CCCSC3CC(=O)N(CCC(=O)NCC#Cc4cn([C@H]5C[C@H](O)[C@@H](COP(=O)(O)OP(=O)(O)OP(=O)(O)O)O5)c(=O)nc4N)C3=O)c3ccccc3C2(C)C)C(C)(C)c2cc(S(=O)(=O)O)ccc21. The molecule has 6 atom stereocenters. The summed E-state index contributed by atoms with van der Waals surface area (Å²) in [5.74, 6) is 4.31. The summed E-state index contributed by atoms with van der Waals surface area (Å²) in [5.41, 5.74) is 10.1. The largest absolute Gasteiger partial charge is 0.490 e. The molecule has 4 aliphatic heterocycles. The van der Waals surface area contributed by atoms with E-state index in [1.165, 1.54) is 29.5 Å². The fourth-order valence-corrected chi connectivity index (χ4v) is 14.4. The number of rotatable bonds is 22. The molecule has 26 nitrogen and oxygen atoms in total. The van der Waals surface area contributed by atoms with Crippen molar-refractivity contribution in [1.82, 2.24) is 19.8 Å². The molecule has 3 unspecified atom stereocenters. The zero-order valence-corrected chi connectivity index (χ0v) is 48.2. The molecule has 3 aromatic rings. The summed E-state index contributed by atoms with van der Waals surface area (Å²) in [7, 11) is -21.3. The van der Waals surface area contributed by atoms with E-state index in [9.17, 15) is 60.7 Å². The van der Waals surface area contributed by atoms with Crippen LogP contribution in [-0.4, -0.2) is 136 Å². The Morgan fingerprint density at radius 3 is 2.42 bits per heavy atom. The maximum atomic E-state index is 13.4. The molecule has 0 saturated carbocycles. The molecule has 2 fully saturated rings. The van der Waals surface area contributed by atoms with Crippen LogP contribution < -0.4 is 21.6 Å². The molecule has 3 amide bonds. The van der Waals surface area contributed by atoms with Crippen LogP contribution in [0.3, 0.4) is 0 Å². The van der Waals surface area contributed by atoms with Gasteiger partial charge in [-0.15, -0.1) is 11.8 Å². The Morgan fingerprint density at radius 2 is 1.73 bits per heavy atom. The second-order valence-electron chi connectivity index (χ2n) is 19.7. The monoisotopic (exact) mass is 1210 g/mol. The molecule has 5 heterocycles. The summed E-state index contributed by atoms with van der Waals surface area (Å²) in [6, 6.07) is 12.9. The van der Waals surface area contributed by atoms with Gasteiger partial charge in [0, 0.05) is 85.2 Å². The first kappa shape index (κ1) is 62.2. The number of hydrogen-bond donors (Lipinski definition) is 8. The number of allylic oxidation sites excluding steroid dienone is 6. The highest BCUT2D eigenvalue weighted by molar-refractivity contribution is 8.00. The first-order valence-electron chi connectivity index (χ1n) is 24.7. The molecule has 7 rings (SSSR count). The van der Waals surface area contributed by atoms with Gasteiger partial charge in [-0.05, 0) is 50.6 Å². The van der Waals surface area contributed by atoms with Crippen molar-refractivity contribution < 1.29 is 88.2 Å². The smallest absolute Gasteiger partial charge is 0.390 e. The molecule has 432 valence electrons. The number of likely N-dealkylation sites (N-methyl/N-ethyl adjacent to an activating group) is 1. The van der Waals surface area contributed by atoms with E-state index in [0.717, 1.165) is 44.0 Å². The maximum absolute atomic E-state index is 13.4. The van der Waals surface area contributed by atoms with Crippen molar-refractivity contribution in [2.24, 2.45) is 0 Å². The number of phosphoric ester groups is 1. The van der Waals surface area contributed by atoms with E-state index in [0.29, 0.717) is 25.3 Å². The number of ether oxygens (including phenoxy) is 1. The fraction of sp³-hybridized carbons (Fsp3) is 0.429. The molecule has 0 aliphatic carbocycles.